The van der Waals surface area contributed by atoms with Crippen LogP contribution < -0.4 is 11.2 Å². The molecule has 0 atom stereocenters. The molecule has 0 radical (unpaired) electrons. The summed E-state index contributed by atoms with van der Waals surface area (Å²) in [4.78, 5) is 30.9. The van der Waals surface area contributed by atoms with Gasteiger partial charge >= 0.3 is 5.69 Å². The van der Waals surface area contributed by atoms with Gasteiger partial charge in [-0.25, -0.2) is 9.18 Å². The second kappa shape index (κ2) is 8.12. The first-order chi connectivity index (χ1) is 14.8. The summed E-state index contributed by atoms with van der Waals surface area (Å²) in [5.74, 6) is 0.164. The standard InChI is InChI=1S/C21H24FN5O4/c1-13-14(2)27-17-18(23-20(27)25(13)8-10-31-11-9-28)24(3)21(30)26(19(17)29)12-15-4-6-16(22)7-5-15/h4-7,28H,8-12H2,1-3H3. The zero-order chi connectivity index (χ0) is 22.3. The summed E-state index contributed by atoms with van der Waals surface area (Å²) in [7, 11) is 1.58. The third-order valence-electron chi connectivity index (χ3n) is 5.58. The van der Waals surface area contributed by atoms with Gasteiger partial charge in [0.15, 0.2) is 11.2 Å². The number of aliphatic hydroxyl groups excluding tert-OH is 1. The molecule has 3 aromatic heterocycles. The van der Waals surface area contributed by atoms with Gasteiger partial charge in [-0.1, -0.05) is 12.1 Å². The van der Waals surface area contributed by atoms with Gasteiger partial charge in [-0.15, -0.1) is 0 Å². The fourth-order valence-electron chi connectivity index (χ4n) is 3.82. The Balaban J connectivity index is 1.89. The largest absolute Gasteiger partial charge is 0.394 e. The molecule has 4 aromatic rings. The van der Waals surface area contributed by atoms with E-state index in [9.17, 15) is 14.0 Å². The Bertz CT molecular complexity index is 1380. The molecular weight excluding hydrogens is 405 g/mol. The van der Waals surface area contributed by atoms with Crippen molar-refractivity contribution in [3.05, 3.63) is 67.9 Å². The van der Waals surface area contributed by atoms with Crippen molar-refractivity contribution in [3.8, 4) is 0 Å². The predicted octanol–water partition coefficient (Wildman–Crippen LogP) is 0.963. The first-order valence-corrected chi connectivity index (χ1v) is 9.96. The van der Waals surface area contributed by atoms with E-state index in [-0.39, 0.29) is 25.6 Å². The summed E-state index contributed by atoms with van der Waals surface area (Å²) < 4.78 is 24.8. The molecule has 0 amide bonds. The topological polar surface area (TPSA) is 95.7 Å². The van der Waals surface area contributed by atoms with E-state index in [1.54, 1.807) is 23.6 Å². The van der Waals surface area contributed by atoms with E-state index in [0.717, 1.165) is 16.0 Å². The lowest BCUT2D eigenvalue weighted by Gasteiger charge is -2.09. The van der Waals surface area contributed by atoms with Gasteiger partial charge in [-0.3, -0.25) is 18.3 Å². The number of hydrogen-bond donors (Lipinski definition) is 1. The lowest BCUT2D eigenvalue weighted by atomic mass is 10.2. The highest BCUT2D eigenvalue weighted by molar-refractivity contribution is 5.76. The molecule has 0 saturated carbocycles. The second-order valence-corrected chi connectivity index (χ2v) is 7.44. The maximum atomic E-state index is 13.4. The minimum atomic E-state index is -0.491. The highest BCUT2D eigenvalue weighted by Crippen LogP contribution is 2.20. The van der Waals surface area contributed by atoms with Gasteiger partial charge in [0.2, 0.25) is 5.78 Å². The number of imidazole rings is 2. The zero-order valence-corrected chi connectivity index (χ0v) is 17.6. The molecule has 3 heterocycles. The van der Waals surface area contributed by atoms with Crippen LogP contribution in [0.5, 0.6) is 0 Å². The highest BCUT2D eigenvalue weighted by Gasteiger charge is 2.22. The number of rotatable bonds is 7. The van der Waals surface area contributed by atoms with Gasteiger partial charge in [0, 0.05) is 25.0 Å². The predicted molar refractivity (Wildman–Crippen MR) is 113 cm³/mol. The molecule has 0 aliphatic heterocycles. The van der Waals surface area contributed by atoms with Gasteiger partial charge in [0.1, 0.15) is 5.82 Å². The summed E-state index contributed by atoms with van der Waals surface area (Å²) in [5.41, 5.74) is 2.08. The van der Waals surface area contributed by atoms with E-state index in [2.05, 4.69) is 4.98 Å². The third kappa shape index (κ3) is 3.47. The lowest BCUT2D eigenvalue weighted by molar-refractivity contribution is 0.0872. The maximum Gasteiger partial charge on any atom is 0.332 e. The summed E-state index contributed by atoms with van der Waals surface area (Å²) in [6.07, 6.45) is 0. The summed E-state index contributed by atoms with van der Waals surface area (Å²) in [6.45, 7) is 4.91. The van der Waals surface area contributed by atoms with Crippen LogP contribution in [0.25, 0.3) is 16.9 Å². The Hall–Kier alpha value is -3.24. The van der Waals surface area contributed by atoms with Crippen LogP contribution in [0.3, 0.4) is 0 Å². The van der Waals surface area contributed by atoms with E-state index < -0.39 is 11.2 Å². The molecule has 10 heteroatoms. The number of hydrogen-bond acceptors (Lipinski definition) is 5. The number of aryl methyl sites for hydroxylation is 2. The molecule has 31 heavy (non-hydrogen) atoms. The van der Waals surface area contributed by atoms with Crippen LogP contribution in [0.15, 0.2) is 33.9 Å². The minimum absolute atomic E-state index is 0.0305. The Labute approximate surface area is 176 Å². The normalized spacial score (nSPS) is 11.8. The number of halogens is 1. The van der Waals surface area contributed by atoms with Crippen LogP contribution >= 0.6 is 0 Å². The Kier molecular flexibility index (Phi) is 5.50. The van der Waals surface area contributed by atoms with E-state index in [1.807, 2.05) is 18.4 Å². The van der Waals surface area contributed by atoms with Gasteiger partial charge in [-0.2, -0.15) is 4.98 Å². The van der Waals surface area contributed by atoms with Crippen molar-refractivity contribution in [2.45, 2.75) is 26.9 Å². The Morgan fingerprint density at radius 3 is 2.45 bits per heavy atom. The van der Waals surface area contributed by atoms with Gasteiger partial charge in [0.05, 0.1) is 26.4 Å². The first-order valence-electron chi connectivity index (χ1n) is 9.96. The maximum absolute atomic E-state index is 13.4. The van der Waals surface area contributed by atoms with Gasteiger partial charge < -0.3 is 14.4 Å². The fourth-order valence-corrected chi connectivity index (χ4v) is 3.82. The highest BCUT2D eigenvalue weighted by atomic mass is 19.1. The van der Waals surface area contributed by atoms with Crippen molar-refractivity contribution in [1.29, 1.82) is 0 Å². The van der Waals surface area contributed by atoms with Crippen molar-refractivity contribution in [3.63, 3.8) is 0 Å². The van der Waals surface area contributed by atoms with E-state index in [1.165, 1.54) is 16.7 Å². The van der Waals surface area contributed by atoms with Crippen LogP contribution in [0, 0.1) is 19.7 Å². The first kappa shape index (κ1) is 21.0. The molecule has 164 valence electrons. The van der Waals surface area contributed by atoms with Gasteiger partial charge in [-0.05, 0) is 31.5 Å². The summed E-state index contributed by atoms with van der Waals surface area (Å²) >= 11 is 0. The van der Waals surface area contributed by atoms with Crippen molar-refractivity contribution >= 4 is 16.9 Å². The number of nitrogens with zero attached hydrogens (tertiary/aromatic N) is 5. The van der Waals surface area contributed by atoms with E-state index >= 15 is 0 Å². The zero-order valence-electron chi connectivity index (χ0n) is 17.6. The molecule has 0 saturated heterocycles. The number of aromatic nitrogens is 5. The molecule has 9 nitrogen and oxygen atoms in total. The van der Waals surface area contributed by atoms with Crippen LogP contribution in [-0.4, -0.2) is 48.0 Å². The second-order valence-electron chi connectivity index (χ2n) is 7.44. The average molecular weight is 429 g/mol. The molecule has 0 aliphatic carbocycles. The fraction of sp³-hybridized carbons (Fsp3) is 0.381. The minimum Gasteiger partial charge on any atom is -0.394 e. The molecular formula is C21H24FN5O4. The monoisotopic (exact) mass is 429 g/mol. The quantitative estimate of drug-likeness (QED) is 0.442. The van der Waals surface area contributed by atoms with Crippen LogP contribution in [-0.2, 0) is 24.9 Å². The van der Waals surface area contributed by atoms with Crippen molar-refractivity contribution in [2.75, 3.05) is 19.8 Å². The molecule has 0 unspecified atom stereocenters. The molecule has 0 fully saturated rings. The third-order valence-corrected chi connectivity index (χ3v) is 5.58. The number of ether oxygens (including phenoxy) is 1. The Morgan fingerprint density at radius 2 is 1.77 bits per heavy atom. The molecule has 1 aromatic carbocycles. The van der Waals surface area contributed by atoms with Gasteiger partial charge in [0.25, 0.3) is 5.56 Å². The molecule has 1 N–H and O–H groups in total. The van der Waals surface area contributed by atoms with Crippen molar-refractivity contribution in [2.24, 2.45) is 7.05 Å². The van der Waals surface area contributed by atoms with Crippen LogP contribution in [0.4, 0.5) is 4.39 Å². The summed E-state index contributed by atoms with van der Waals surface area (Å²) in [5, 5.41) is 8.89. The smallest absolute Gasteiger partial charge is 0.332 e. The number of benzene rings is 1. The molecule has 0 bridgehead atoms. The Morgan fingerprint density at radius 1 is 1.06 bits per heavy atom. The number of aliphatic hydroxyl groups is 1. The lowest BCUT2D eigenvalue weighted by Crippen LogP contribution is -2.39. The van der Waals surface area contributed by atoms with E-state index in [4.69, 9.17) is 9.84 Å². The van der Waals surface area contributed by atoms with Crippen molar-refractivity contribution < 1.29 is 14.2 Å². The van der Waals surface area contributed by atoms with Crippen molar-refractivity contribution in [1.82, 2.24) is 23.1 Å². The molecule has 4 rings (SSSR count). The number of fused-ring (bicyclic) bond motifs is 3. The van der Waals surface area contributed by atoms with Crippen LogP contribution in [0.1, 0.15) is 17.0 Å². The molecule has 0 spiro atoms. The summed E-state index contributed by atoms with van der Waals surface area (Å²) in [6, 6.07) is 5.70. The van der Waals surface area contributed by atoms with Crippen LogP contribution in [0.2, 0.25) is 0 Å². The average Bonchev–Trinajstić information content (AvgIpc) is 3.25. The molecule has 0 aliphatic rings. The van der Waals surface area contributed by atoms with E-state index in [0.29, 0.717) is 35.7 Å². The SMILES string of the molecule is Cc1c(C)n2c3c(=O)n(Cc4ccc(F)cc4)c(=O)n(C)c3nc2n1CCOCCO.